The van der Waals surface area contributed by atoms with Crippen LogP contribution in [0, 0.1) is 23.7 Å². The predicted octanol–water partition coefficient (Wildman–Crippen LogP) is 3.49. The number of fused-ring (bicyclic) bond motifs is 4. The van der Waals surface area contributed by atoms with Gasteiger partial charge in [0, 0.05) is 49.6 Å². The van der Waals surface area contributed by atoms with Gasteiger partial charge in [0.1, 0.15) is 0 Å². The first kappa shape index (κ1) is 24.5. The highest BCUT2D eigenvalue weighted by Gasteiger charge is 2.71. The number of hydroxylamine groups is 2. The summed E-state index contributed by atoms with van der Waals surface area (Å²) in [4.78, 5) is 38.3. The number of hydrogen-bond donors (Lipinski definition) is 2. The maximum Gasteiger partial charge on any atom is 0.371 e. The highest BCUT2D eigenvalue weighted by Crippen LogP contribution is 2.56. The lowest BCUT2D eigenvalue weighted by molar-refractivity contribution is -0.285. The minimum absolute atomic E-state index is 0.00889. The Hall–Kier alpha value is -1.30. The first-order chi connectivity index (χ1) is 18.5. The van der Waals surface area contributed by atoms with Crippen LogP contribution in [0.4, 0.5) is 0 Å². The Morgan fingerprint density at radius 1 is 0.605 bits per heavy atom. The highest BCUT2D eigenvalue weighted by molar-refractivity contribution is 5.81. The molecule has 4 spiro atoms. The van der Waals surface area contributed by atoms with Gasteiger partial charge in [0.15, 0.2) is 0 Å². The van der Waals surface area contributed by atoms with Crippen LogP contribution >= 0.6 is 0 Å². The fraction of sp³-hybridized carbons (Fsp3) is 0.929. The largest absolute Gasteiger partial charge is 0.429 e. The first-order valence-corrected chi connectivity index (χ1v) is 15.2. The van der Waals surface area contributed by atoms with Gasteiger partial charge in [-0.3, -0.25) is 19.1 Å². The summed E-state index contributed by atoms with van der Waals surface area (Å²) in [5.74, 6) is -4.33. The number of rotatable bonds is 1. The van der Waals surface area contributed by atoms with Crippen molar-refractivity contribution in [2.75, 3.05) is 0 Å². The smallest absolute Gasteiger partial charge is 0.371 e. The molecular formula is C28H40N2O8. The summed E-state index contributed by atoms with van der Waals surface area (Å²) in [5, 5.41) is 0. The Morgan fingerprint density at radius 2 is 1.24 bits per heavy atom. The van der Waals surface area contributed by atoms with Crippen molar-refractivity contribution < 1.29 is 38.2 Å². The van der Waals surface area contributed by atoms with Gasteiger partial charge in [-0.15, -0.1) is 0 Å². The molecule has 0 amide bonds. The minimum atomic E-state index is -1.32. The number of carbonyl (C=O) groups is 2. The Balaban J connectivity index is 0.959. The molecule has 2 N–H and O–H groups in total. The standard InChI is InChI=1S/C28H40N2O8/c31-23-27(19-8-2-3-10-21(19)29-37-27)36-26(34-23)15-11-17(12-16-26)18-7-6-9-20-22(18)30-38-28(20)24(32)33-25(35-28)13-4-1-5-14-25/h17-22,29-30H,1-16H2/t17?,18?,19-,20-,21+,22-,26?,27+,28?/m0/s1. The fourth-order valence-electron chi connectivity index (χ4n) is 9.30. The summed E-state index contributed by atoms with van der Waals surface area (Å²) in [6.07, 6.45) is 14.9. The maximum absolute atomic E-state index is 13.2. The van der Waals surface area contributed by atoms with Crippen LogP contribution in [0.3, 0.4) is 0 Å². The van der Waals surface area contributed by atoms with Gasteiger partial charge in [-0.1, -0.05) is 25.7 Å². The van der Waals surface area contributed by atoms with Crippen LogP contribution in [0.5, 0.6) is 0 Å². The molecule has 0 aromatic carbocycles. The molecule has 210 valence electrons. The Kier molecular flexibility index (Phi) is 5.54. The lowest BCUT2D eigenvalue weighted by Crippen LogP contribution is -2.50. The molecule has 0 radical (unpaired) electrons. The van der Waals surface area contributed by atoms with E-state index in [0.29, 0.717) is 24.7 Å². The Morgan fingerprint density at radius 3 is 2.00 bits per heavy atom. The van der Waals surface area contributed by atoms with Crippen LogP contribution in [0.2, 0.25) is 0 Å². The molecule has 38 heavy (non-hydrogen) atoms. The molecule has 4 heterocycles. The zero-order chi connectivity index (χ0) is 25.6. The maximum atomic E-state index is 13.2. The molecule has 7 atom stereocenters. The quantitative estimate of drug-likeness (QED) is 0.487. The second-order valence-corrected chi connectivity index (χ2v) is 13.2. The topological polar surface area (TPSA) is 114 Å². The normalized spacial score (nSPS) is 51.5. The van der Waals surface area contributed by atoms with Crippen molar-refractivity contribution in [1.29, 1.82) is 0 Å². The Bertz CT molecular complexity index is 993. The number of nitrogens with one attached hydrogen (secondary N) is 2. The van der Waals surface area contributed by atoms with Gasteiger partial charge < -0.3 is 9.47 Å². The van der Waals surface area contributed by atoms with Gasteiger partial charge in [-0.2, -0.15) is 11.0 Å². The minimum Gasteiger partial charge on any atom is -0.429 e. The fourth-order valence-corrected chi connectivity index (χ4v) is 9.30. The number of esters is 2. The molecule has 8 rings (SSSR count). The van der Waals surface area contributed by atoms with Gasteiger partial charge in [-0.25, -0.2) is 9.59 Å². The van der Waals surface area contributed by atoms with Crippen LogP contribution in [0.1, 0.15) is 103 Å². The Labute approximate surface area is 223 Å². The third-order valence-corrected chi connectivity index (χ3v) is 11.2. The molecule has 4 saturated carbocycles. The van der Waals surface area contributed by atoms with Crippen molar-refractivity contribution in [3.8, 4) is 0 Å². The van der Waals surface area contributed by atoms with E-state index in [4.69, 9.17) is 28.6 Å². The summed E-state index contributed by atoms with van der Waals surface area (Å²) in [7, 11) is 0. The molecule has 2 unspecified atom stereocenters. The van der Waals surface area contributed by atoms with Gasteiger partial charge in [-0.05, 0) is 63.2 Å². The molecule has 10 heteroatoms. The van der Waals surface area contributed by atoms with Crippen LogP contribution in [0.25, 0.3) is 0 Å². The average Bonchev–Trinajstić information content (AvgIpc) is 3.64. The summed E-state index contributed by atoms with van der Waals surface area (Å²) >= 11 is 0. The second kappa shape index (κ2) is 8.60. The van der Waals surface area contributed by atoms with E-state index >= 15 is 0 Å². The van der Waals surface area contributed by atoms with Crippen LogP contribution < -0.4 is 11.0 Å². The highest BCUT2D eigenvalue weighted by atomic mass is 16.9. The molecule has 4 aliphatic heterocycles. The van der Waals surface area contributed by atoms with Crippen LogP contribution in [0.15, 0.2) is 0 Å². The summed E-state index contributed by atoms with van der Waals surface area (Å²) in [5.41, 5.74) is 6.34. The third kappa shape index (κ3) is 3.40. The van der Waals surface area contributed by atoms with E-state index < -0.39 is 23.1 Å². The van der Waals surface area contributed by atoms with Crippen LogP contribution in [-0.2, 0) is 38.2 Å². The van der Waals surface area contributed by atoms with E-state index in [2.05, 4.69) is 11.0 Å². The van der Waals surface area contributed by atoms with Crippen LogP contribution in [-0.4, -0.2) is 47.2 Å². The lowest BCUT2D eigenvalue weighted by atomic mass is 9.65. The third-order valence-electron chi connectivity index (χ3n) is 11.2. The van der Waals surface area contributed by atoms with Gasteiger partial charge in [0.25, 0.3) is 11.6 Å². The molecule has 0 aromatic rings. The van der Waals surface area contributed by atoms with Gasteiger partial charge in [0.05, 0.1) is 0 Å². The predicted molar refractivity (Wildman–Crippen MR) is 129 cm³/mol. The zero-order valence-corrected chi connectivity index (χ0v) is 22.0. The van der Waals surface area contributed by atoms with Crippen molar-refractivity contribution >= 4 is 11.9 Å². The summed E-state index contributed by atoms with van der Waals surface area (Å²) < 4.78 is 24.9. The van der Waals surface area contributed by atoms with Gasteiger partial charge in [0.2, 0.25) is 11.6 Å². The molecular weight excluding hydrogens is 492 g/mol. The molecule has 4 saturated heterocycles. The van der Waals surface area contributed by atoms with Crippen molar-refractivity contribution in [1.82, 2.24) is 11.0 Å². The van der Waals surface area contributed by atoms with E-state index in [1.54, 1.807) is 0 Å². The van der Waals surface area contributed by atoms with E-state index in [-0.39, 0.29) is 35.9 Å². The SMILES string of the molecule is O=C1OC2(CCCCC2)OC12ON[C@H]1C(C3CCC4(CC3)OC(=O)[C@@]3(ON[C@@H]5CCCC[C@@H]53)O4)CCC[C@@H]12. The van der Waals surface area contributed by atoms with E-state index in [1.807, 2.05) is 0 Å². The lowest BCUT2D eigenvalue weighted by Gasteiger charge is -2.43. The van der Waals surface area contributed by atoms with Gasteiger partial charge >= 0.3 is 11.9 Å². The van der Waals surface area contributed by atoms with E-state index in [1.165, 1.54) is 0 Å². The number of carbonyl (C=O) groups excluding carboxylic acids is 2. The monoisotopic (exact) mass is 532 g/mol. The van der Waals surface area contributed by atoms with Crippen molar-refractivity contribution in [2.45, 2.75) is 138 Å². The number of hydrogen-bond acceptors (Lipinski definition) is 10. The van der Waals surface area contributed by atoms with Crippen molar-refractivity contribution in [3.63, 3.8) is 0 Å². The van der Waals surface area contributed by atoms with Crippen molar-refractivity contribution in [2.24, 2.45) is 23.7 Å². The molecule has 8 aliphatic rings. The van der Waals surface area contributed by atoms with Crippen molar-refractivity contribution in [3.05, 3.63) is 0 Å². The molecule has 0 aromatic heterocycles. The molecule has 0 bridgehead atoms. The summed E-state index contributed by atoms with van der Waals surface area (Å²) in [6, 6.07) is 0.192. The molecule has 4 aliphatic carbocycles. The van der Waals surface area contributed by atoms with E-state index in [0.717, 1.165) is 89.9 Å². The number of ether oxygens (including phenoxy) is 4. The average molecular weight is 533 g/mol. The molecule has 8 fully saturated rings. The first-order valence-electron chi connectivity index (χ1n) is 15.2. The molecule has 10 nitrogen and oxygen atoms in total. The summed E-state index contributed by atoms with van der Waals surface area (Å²) in [6.45, 7) is 0. The zero-order valence-electron chi connectivity index (χ0n) is 22.0. The second-order valence-electron chi connectivity index (χ2n) is 13.2. The van der Waals surface area contributed by atoms with E-state index in [9.17, 15) is 9.59 Å².